The van der Waals surface area contributed by atoms with E-state index in [9.17, 15) is 9.59 Å². The number of hydrogen-bond donors (Lipinski definition) is 1. The number of hydrogen-bond acceptors (Lipinski definition) is 3. The molecule has 1 rings (SSSR count). The van der Waals surface area contributed by atoms with Crippen molar-refractivity contribution < 1.29 is 9.59 Å². The summed E-state index contributed by atoms with van der Waals surface area (Å²) >= 11 is 0. The van der Waals surface area contributed by atoms with E-state index in [1.54, 1.807) is 4.90 Å². The van der Waals surface area contributed by atoms with Gasteiger partial charge in [-0.05, 0) is 57.9 Å². The highest BCUT2D eigenvalue weighted by Crippen LogP contribution is 2.26. The Bertz CT molecular complexity index is 568. The number of aryl methyl sites for hydroxylation is 1. The lowest BCUT2D eigenvalue weighted by atomic mass is 10.1. The second-order valence-electron chi connectivity index (χ2n) is 6.13. The Morgan fingerprint density at radius 1 is 1.17 bits per heavy atom. The van der Waals surface area contributed by atoms with Crippen molar-refractivity contribution >= 4 is 23.2 Å². The van der Waals surface area contributed by atoms with Crippen LogP contribution in [0, 0.1) is 6.92 Å². The molecule has 0 spiro atoms. The van der Waals surface area contributed by atoms with Crippen molar-refractivity contribution in [3.8, 4) is 0 Å². The summed E-state index contributed by atoms with van der Waals surface area (Å²) in [6, 6.07) is 6.13. The highest BCUT2D eigenvalue weighted by atomic mass is 16.2. The van der Waals surface area contributed by atoms with Crippen LogP contribution in [0.15, 0.2) is 18.2 Å². The molecule has 2 amide bonds. The van der Waals surface area contributed by atoms with Gasteiger partial charge in [0.1, 0.15) is 6.54 Å². The number of anilines is 2. The number of carbonyl (C=O) groups is 2. The fraction of sp³-hybridized carbons (Fsp3) is 0.579. The van der Waals surface area contributed by atoms with Crippen LogP contribution in [0.2, 0.25) is 0 Å². The molecule has 0 radical (unpaired) electrons. The molecule has 0 fully saturated rings. The number of nitrogens with zero attached hydrogens (tertiary/aromatic N) is 2. The number of nitrogens with one attached hydrogen (secondary N) is 1. The van der Waals surface area contributed by atoms with Gasteiger partial charge >= 0.3 is 0 Å². The molecule has 24 heavy (non-hydrogen) atoms. The van der Waals surface area contributed by atoms with Crippen LogP contribution in [-0.2, 0) is 9.59 Å². The van der Waals surface area contributed by atoms with Gasteiger partial charge in [-0.15, -0.1) is 0 Å². The molecular formula is C19H31N3O2. The van der Waals surface area contributed by atoms with Gasteiger partial charge in [-0.25, -0.2) is 0 Å². The van der Waals surface area contributed by atoms with Crippen LogP contribution in [0.3, 0.4) is 0 Å². The molecule has 0 heterocycles. The van der Waals surface area contributed by atoms with Crippen LogP contribution in [0.4, 0.5) is 11.4 Å². The van der Waals surface area contributed by atoms with Crippen LogP contribution in [-0.4, -0.2) is 37.5 Å². The Labute approximate surface area is 146 Å². The maximum atomic E-state index is 12.2. The third kappa shape index (κ3) is 5.25. The first kappa shape index (κ1) is 20.0. The minimum absolute atomic E-state index is 0.0468. The largest absolute Gasteiger partial charge is 0.372 e. The molecule has 1 unspecified atom stereocenters. The third-order valence-electron chi connectivity index (χ3n) is 4.30. The molecule has 1 aromatic carbocycles. The average Bonchev–Trinajstić information content (AvgIpc) is 2.54. The molecule has 0 saturated carbocycles. The molecular weight excluding hydrogens is 302 g/mol. The predicted molar refractivity (Wildman–Crippen MR) is 101 cm³/mol. The van der Waals surface area contributed by atoms with Crippen molar-refractivity contribution in [2.24, 2.45) is 0 Å². The van der Waals surface area contributed by atoms with Gasteiger partial charge in [0, 0.05) is 37.4 Å². The van der Waals surface area contributed by atoms with Crippen LogP contribution < -0.4 is 15.1 Å². The Morgan fingerprint density at radius 3 is 2.25 bits per heavy atom. The van der Waals surface area contributed by atoms with Gasteiger partial charge in [0.25, 0.3) is 0 Å². The zero-order valence-electron chi connectivity index (χ0n) is 15.8. The van der Waals surface area contributed by atoms with Crippen LogP contribution in [0.25, 0.3) is 0 Å². The normalized spacial score (nSPS) is 11.8. The van der Waals surface area contributed by atoms with Crippen molar-refractivity contribution in [2.45, 2.75) is 54.0 Å². The van der Waals surface area contributed by atoms with E-state index in [1.165, 1.54) is 6.92 Å². The highest BCUT2D eigenvalue weighted by Gasteiger charge is 2.19. The molecule has 0 saturated heterocycles. The number of rotatable bonds is 8. The fourth-order valence-electron chi connectivity index (χ4n) is 2.66. The average molecular weight is 333 g/mol. The summed E-state index contributed by atoms with van der Waals surface area (Å²) in [4.78, 5) is 28.0. The molecule has 1 N–H and O–H groups in total. The Kier molecular flexibility index (Phi) is 7.75. The molecule has 0 aliphatic heterocycles. The van der Waals surface area contributed by atoms with Gasteiger partial charge in [-0.2, -0.15) is 0 Å². The summed E-state index contributed by atoms with van der Waals surface area (Å²) in [5.74, 6) is -0.264. The van der Waals surface area contributed by atoms with E-state index >= 15 is 0 Å². The van der Waals surface area contributed by atoms with Crippen molar-refractivity contribution in [3.63, 3.8) is 0 Å². The molecule has 0 bridgehead atoms. The monoisotopic (exact) mass is 333 g/mol. The minimum Gasteiger partial charge on any atom is -0.372 e. The number of amides is 2. The highest BCUT2D eigenvalue weighted by molar-refractivity contribution is 5.98. The van der Waals surface area contributed by atoms with Gasteiger partial charge < -0.3 is 15.1 Å². The van der Waals surface area contributed by atoms with Crippen molar-refractivity contribution in [2.75, 3.05) is 29.4 Å². The number of carbonyl (C=O) groups excluding carboxylic acids is 2. The summed E-state index contributed by atoms with van der Waals surface area (Å²) in [5, 5.41) is 2.91. The van der Waals surface area contributed by atoms with Crippen LogP contribution in [0.5, 0.6) is 0 Å². The quantitative estimate of drug-likeness (QED) is 0.795. The van der Waals surface area contributed by atoms with E-state index in [4.69, 9.17) is 0 Å². The third-order valence-corrected chi connectivity index (χ3v) is 4.30. The number of benzene rings is 1. The van der Waals surface area contributed by atoms with Gasteiger partial charge in [0.15, 0.2) is 0 Å². The molecule has 1 atom stereocenters. The smallest absolute Gasteiger partial charge is 0.240 e. The topological polar surface area (TPSA) is 52.7 Å². The van der Waals surface area contributed by atoms with E-state index in [0.717, 1.165) is 36.4 Å². The molecule has 1 aromatic rings. The van der Waals surface area contributed by atoms with E-state index in [1.807, 2.05) is 32.9 Å². The fourth-order valence-corrected chi connectivity index (χ4v) is 2.66. The van der Waals surface area contributed by atoms with Crippen LogP contribution in [0.1, 0.15) is 46.6 Å². The standard InChI is InChI=1S/C19H31N3O2/c1-7-15(5)20-19(24)13-22(16(6)23)18-11-10-17(12-14(18)4)21(8-2)9-3/h10-12,15H,7-9,13H2,1-6H3,(H,20,24). The van der Waals surface area contributed by atoms with Gasteiger partial charge in [-0.1, -0.05) is 6.92 Å². The second-order valence-corrected chi connectivity index (χ2v) is 6.13. The van der Waals surface area contributed by atoms with E-state index in [0.29, 0.717) is 0 Å². The molecule has 0 aromatic heterocycles. The minimum atomic E-state index is -0.133. The zero-order valence-corrected chi connectivity index (χ0v) is 15.8. The Balaban J connectivity index is 3.01. The first-order valence-electron chi connectivity index (χ1n) is 8.76. The maximum absolute atomic E-state index is 12.2. The van der Waals surface area contributed by atoms with E-state index in [2.05, 4.69) is 30.1 Å². The van der Waals surface area contributed by atoms with Gasteiger partial charge in [0.2, 0.25) is 11.8 Å². The second kappa shape index (κ2) is 9.30. The summed E-state index contributed by atoms with van der Waals surface area (Å²) in [5.41, 5.74) is 2.91. The van der Waals surface area contributed by atoms with Gasteiger partial charge in [-0.3, -0.25) is 9.59 Å². The van der Waals surface area contributed by atoms with E-state index < -0.39 is 0 Å². The lowest BCUT2D eigenvalue weighted by Crippen LogP contribution is -2.43. The molecule has 0 aliphatic rings. The first-order chi connectivity index (χ1) is 11.3. The molecule has 5 nitrogen and oxygen atoms in total. The van der Waals surface area contributed by atoms with Gasteiger partial charge in [0.05, 0.1) is 0 Å². The maximum Gasteiger partial charge on any atom is 0.240 e. The lowest BCUT2D eigenvalue weighted by molar-refractivity contribution is -0.123. The SMILES string of the molecule is CCC(C)NC(=O)CN(C(C)=O)c1ccc(N(CC)CC)cc1C. The summed E-state index contributed by atoms with van der Waals surface area (Å²) < 4.78 is 0. The van der Waals surface area contributed by atoms with E-state index in [-0.39, 0.29) is 24.4 Å². The molecule has 5 heteroatoms. The first-order valence-corrected chi connectivity index (χ1v) is 8.76. The zero-order chi connectivity index (χ0) is 18.3. The Morgan fingerprint density at radius 2 is 1.79 bits per heavy atom. The van der Waals surface area contributed by atoms with Crippen LogP contribution >= 0.6 is 0 Å². The van der Waals surface area contributed by atoms with Crippen molar-refractivity contribution in [1.82, 2.24) is 5.32 Å². The summed E-state index contributed by atoms with van der Waals surface area (Å²) in [7, 11) is 0. The lowest BCUT2D eigenvalue weighted by Gasteiger charge is -2.26. The summed E-state index contributed by atoms with van der Waals surface area (Å²) in [6.07, 6.45) is 0.864. The predicted octanol–water partition coefficient (Wildman–Crippen LogP) is 3.11. The molecule has 0 aliphatic carbocycles. The molecule has 134 valence electrons. The summed E-state index contributed by atoms with van der Waals surface area (Å²) in [6.45, 7) is 13.6. The van der Waals surface area contributed by atoms with Crippen molar-refractivity contribution in [3.05, 3.63) is 23.8 Å². The Hall–Kier alpha value is -2.04. The van der Waals surface area contributed by atoms with Crippen molar-refractivity contribution in [1.29, 1.82) is 0 Å².